The van der Waals surface area contributed by atoms with Crippen LogP contribution in [0.5, 0.6) is 5.75 Å². The minimum Gasteiger partial charge on any atom is -0.508 e. The largest absolute Gasteiger partial charge is 0.508 e. The summed E-state index contributed by atoms with van der Waals surface area (Å²) in [6.07, 6.45) is 3.27. The van der Waals surface area contributed by atoms with Crippen LogP contribution < -0.4 is 32.0 Å². The van der Waals surface area contributed by atoms with Crippen LogP contribution >= 0.6 is 24.4 Å². The van der Waals surface area contributed by atoms with Gasteiger partial charge in [-0.15, -0.1) is 0 Å². The number of phenolic OH excluding ortho intramolecular Hbond substituents is 1. The Hall–Kier alpha value is -7.78. The molecule has 19 nitrogen and oxygen atoms in total. The quantitative estimate of drug-likeness (QED) is 0.00714. The Morgan fingerprint density at radius 2 is 1.42 bits per heavy atom. The van der Waals surface area contributed by atoms with Gasteiger partial charge < -0.3 is 56.2 Å². The lowest BCUT2D eigenvalue weighted by Gasteiger charge is -2.21. The topological polar surface area (TPSA) is 300 Å². The van der Waals surface area contributed by atoms with E-state index in [-0.39, 0.29) is 102 Å². The average Bonchev–Trinajstić information content (AvgIpc) is 3.35. The number of carboxylic acid groups (broad SMARTS) is 3. The molecule has 74 heavy (non-hydrogen) atoms. The number of hydrogen-bond acceptors (Lipinski definition) is 13. The lowest BCUT2D eigenvalue weighted by atomic mass is 9.90. The molecule has 1 aliphatic heterocycles. The van der Waals surface area contributed by atoms with Crippen molar-refractivity contribution < 1.29 is 63.1 Å². The van der Waals surface area contributed by atoms with Crippen molar-refractivity contribution in [3.63, 3.8) is 0 Å². The van der Waals surface area contributed by atoms with Crippen molar-refractivity contribution in [2.45, 2.75) is 102 Å². The van der Waals surface area contributed by atoms with Crippen molar-refractivity contribution in [3.8, 4) is 28.2 Å². The maximum atomic E-state index is 13.4. The van der Waals surface area contributed by atoms with Gasteiger partial charge in [0.05, 0.1) is 12.0 Å². The standard InChI is InChI=1S/C53H59N5O14S2/c59-31-71-46(22-23-47(64)65)58-53(74)57-43(51(69)70)21-17-35(60)13-9-25-54-49(66)33(26-32-10-5-4-6-11-32)27-36(61)12-7-2-1-3-8-24-55-52(73)56-34-14-18-39(42(28-34)50(67)68)48-40-19-15-37(62)29-44(40)72-45-30-38(63)16-20-41(45)48/h4-6,10-11,14-16,18-20,28-31,33,43,46,62H,1-3,7-9,12-13,17,21-27H2,(H,54,66)(H,64,65)(H,67,68)(H,69,70)(H2,55,56,73)(H2,57,58,74)/t33-,43-,46+/m1/s1. The van der Waals surface area contributed by atoms with Crippen LogP contribution in [-0.2, 0) is 39.9 Å². The minimum absolute atomic E-state index is 0.0177. The van der Waals surface area contributed by atoms with Crippen LogP contribution in [0.15, 0.2) is 94.1 Å². The van der Waals surface area contributed by atoms with Gasteiger partial charge >= 0.3 is 17.9 Å². The molecule has 0 bridgehead atoms. The number of phenols is 1. The smallest absolute Gasteiger partial charge is 0.336 e. The van der Waals surface area contributed by atoms with Crippen LogP contribution in [0.1, 0.15) is 99.4 Å². The molecule has 392 valence electrons. The third-order valence-electron chi connectivity index (χ3n) is 11.9. The fraction of sp³-hybridized carbons (Fsp3) is 0.358. The Morgan fingerprint density at radius 3 is 2.15 bits per heavy atom. The Kier molecular flexibility index (Phi) is 22.4. The number of anilines is 1. The van der Waals surface area contributed by atoms with Crippen LogP contribution in [0.25, 0.3) is 33.4 Å². The molecule has 1 aliphatic carbocycles. The average molecular weight is 1050 g/mol. The maximum Gasteiger partial charge on any atom is 0.336 e. The van der Waals surface area contributed by atoms with Crippen molar-refractivity contribution in [2.24, 2.45) is 5.92 Å². The summed E-state index contributed by atoms with van der Waals surface area (Å²) in [7, 11) is 0. The summed E-state index contributed by atoms with van der Waals surface area (Å²) in [4.78, 5) is 97.5. The molecule has 3 aromatic rings. The number of ketones is 2. The van der Waals surface area contributed by atoms with Crippen molar-refractivity contribution in [3.05, 3.63) is 106 Å². The minimum atomic E-state index is -1.29. The molecule has 5 rings (SSSR count). The van der Waals surface area contributed by atoms with Gasteiger partial charge in [-0.05, 0) is 104 Å². The predicted molar refractivity (Wildman–Crippen MR) is 283 cm³/mol. The summed E-state index contributed by atoms with van der Waals surface area (Å²) in [5.41, 5.74) is 2.77. The van der Waals surface area contributed by atoms with Gasteiger partial charge in [-0.2, -0.15) is 0 Å². The van der Waals surface area contributed by atoms with Crippen molar-refractivity contribution in [1.82, 2.24) is 21.3 Å². The van der Waals surface area contributed by atoms with Crippen LogP contribution in [0.4, 0.5) is 5.69 Å². The third-order valence-corrected chi connectivity index (χ3v) is 12.4. The summed E-state index contributed by atoms with van der Waals surface area (Å²) in [5.74, 6) is -4.60. The van der Waals surface area contributed by atoms with E-state index < -0.39 is 36.1 Å². The predicted octanol–water partition coefficient (Wildman–Crippen LogP) is 6.94. The zero-order chi connectivity index (χ0) is 53.6. The maximum absolute atomic E-state index is 13.4. The molecule has 0 aromatic heterocycles. The highest BCUT2D eigenvalue weighted by molar-refractivity contribution is 7.80. The number of carbonyl (C=O) groups excluding carboxylic acids is 4. The van der Waals surface area contributed by atoms with Crippen LogP contribution in [-0.4, -0.2) is 97.9 Å². The molecule has 0 radical (unpaired) electrons. The van der Waals surface area contributed by atoms with E-state index in [4.69, 9.17) is 38.7 Å². The number of carboxylic acids is 3. The summed E-state index contributed by atoms with van der Waals surface area (Å²) < 4.78 is 10.7. The van der Waals surface area contributed by atoms with Gasteiger partial charge in [-0.1, -0.05) is 55.7 Å². The number of benzene rings is 4. The first kappa shape index (κ1) is 57.1. The molecular weight excluding hydrogens is 995 g/mol. The molecule has 3 aromatic carbocycles. The monoisotopic (exact) mass is 1050 g/mol. The lowest BCUT2D eigenvalue weighted by Crippen LogP contribution is -2.49. The van der Waals surface area contributed by atoms with Gasteiger partial charge in [-0.25, -0.2) is 9.59 Å². The molecule has 9 N–H and O–H groups in total. The van der Waals surface area contributed by atoms with E-state index in [1.54, 1.807) is 24.3 Å². The number of rotatable bonds is 31. The number of ether oxygens (including phenoxy) is 1. The SMILES string of the molecule is O=CO[C@@H](CCC(=O)O)NC(=S)N[C@H](CCC(=O)CCCNC(=O)[C@@H](CC(=O)CCCCCCCNC(=S)Nc1ccc(-c2c3ccc(=O)cc-3oc3cc(O)ccc23)c(C(=O)O)c1)Cc1ccccc1)C(=O)O. The second-order valence-electron chi connectivity index (χ2n) is 17.5. The number of unbranched alkanes of at least 4 members (excludes halogenated alkanes) is 4. The fourth-order valence-corrected chi connectivity index (χ4v) is 8.72. The number of nitrogens with one attached hydrogen (secondary N) is 5. The first-order valence-corrected chi connectivity index (χ1v) is 24.9. The molecule has 3 atom stereocenters. The third kappa shape index (κ3) is 18.4. The molecule has 0 saturated carbocycles. The zero-order valence-electron chi connectivity index (χ0n) is 40.4. The first-order chi connectivity index (χ1) is 35.5. The summed E-state index contributed by atoms with van der Waals surface area (Å²) in [6.45, 7) is 0.830. The normalized spacial score (nSPS) is 12.2. The number of carbonyl (C=O) groups is 7. The van der Waals surface area contributed by atoms with Gasteiger partial charge in [0, 0.05) is 85.4 Å². The molecule has 1 heterocycles. The highest BCUT2D eigenvalue weighted by Gasteiger charge is 2.25. The number of aromatic carboxylic acids is 1. The van der Waals surface area contributed by atoms with Crippen LogP contribution in [0, 0.1) is 5.92 Å². The Labute approximate surface area is 436 Å². The highest BCUT2D eigenvalue weighted by atomic mass is 32.1. The highest BCUT2D eigenvalue weighted by Crippen LogP contribution is 2.42. The van der Waals surface area contributed by atoms with Gasteiger partial charge in [0.1, 0.15) is 34.7 Å². The number of fused-ring (bicyclic) bond motifs is 2. The molecule has 0 spiro atoms. The van der Waals surface area contributed by atoms with Crippen molar-refractivity contribution >= 4 is 93.2 Å². The summed E-state index contributed by atoms with van der Waals surface area (Å²) >= 11 is 10.6. The van der Waals surface area contributed by atoms with Gasteiger partial charge in [-0.3, -0.25) is 28.8 Å². The number of thiocarbonyl (C=S) groups is 2. The molecule has 1 amide bonds. The van der Waals surface area contributed by atoms with Gasteiger partial charge in [0.15, 0.2) is 21.9 Å². The van der Waals surface area contributed by atoms with Crippen molar-refractivity contribution in [1.29, 1.82) is 0 Å². The number of aliphatic carboxylic acids is 2. The molecule has 2 aliphatic rings. The second kappa shape index (κ2) is 29.1. The summed E-state index contributed by atoms with van der Waals surface area (Å²) in [5, 5.41) is 53.7. The fourth-order valence-electron chi connectivity index (χ4n) is 8.23. The number of Topliss-reactive ketones (excluding diaryl/α,β-unsaturated/α-hetero) is 2. The van der Waals surface area contributed by atoms with E-state index >= 15 is 0 Å². The van der Waals surface area contributed by atoms with E-state index in [1.165, 1.54) is 30.3 Å². The van der Waals surface area contributed by atoms with E-state index in [1.807, 2.05) is 30.3 Å². The lowest BCUT2D eigenvalue weighted by molar-refractivity contribution is -0.141. The van der Waals surface area contributed by atoms with E-state index in [0.29, 0.717) is 65.1 Å². The van der Waals surface area contributed by atoms with Crippen LogP contribution in [0.3, 0.4) is 0 Å². The first-order valence-electron chi connectivity index (χ1n) is 24.1. The molecule has 0 unspecified atom stereocenters. The van der Waals surface area contributed by atoms with E-state index in [0.717, 1.165) is 31.2 Å². The van der Waals surface area contributed by atoms with Crippen molar-refractivity contribution in [2.75, 3.05) is 18.4 Å². The molecule has 0 saturated heterocycles. The van der Waals surface area contributed by atoms with Gasteiger partial charge in [0.25, 0.3) is 6.47 Å². The molecule has 21 heteroatoms. The number of amides is 1. The zero-order valence-corrected chi connectivity index (χ0v) is 42.0. The second-order valence-corrected chi connectivity index (χ2v) is 18.4. The molecular formula is C53H59N5O14S2. The number of aromatic hydroxyl groups is 1. The Balaban J connectivity index is 1.01. The van der Waals surface area contributed by atoms with Gasteiger partial charge in [0.2, 0.25) is 5.91 Å². The Bertz CT molecular complexity index is 2840. The van der Waals surface area contributed by atoms with E-state index in [2.05, 4.69) is 26.6 Å². The molecule has 0 fully saturated rings. The number of hydrogen-bond donors (Lipinski definition) is 9. The van der Waals surface area contributed by atoms with E-state index in [9.17, 15) is 53.7 Å². The van der Waals surface area contributed by atoms with Crippen LogP contribution in [0.2, 0.25) is 0 Å². The summed E-state index contributed by atoms with van der Waals surface area (Å²) in [6, 6.07) is 21.7. The Morgan fingerprint density at radius 1 is 0.703 bits per heavy atom.